The summed E-state index contributed by atoms with van der Waals surface area (Å²) < 4.78 is 25.6. The Morgan fingerprint density at radius 1 is 1.43 bits per heavy atom. The highest BCUT2D eigenvalue weighted by Crippen LogP contribution is 2.19. The molecule has 0 saturated heterocycles. The average Bonchev–Trinajstić information content (AvgIpc) is 2.88. The van der Waals surface area contributed by atoms with E-state index in [2.05, 4.69) is 10.2 Å². The molecule has 2 aromatic rings. The second-order valence-electron chi connectivity index (χ2n) is 4.35. The summed E-state index contributed by atoms with van der Waals surface area (Å²) in [6, 6.07) is 6.13. The van der Waals surface area contributed by atoms with Gasteiger partial charge in [0.25, 0.3) is 10.0 Å². The molecule has 0 aliphatic carbocycles. The highest BCUT2D eigenvalue weighted by Gasteiger charge is 2.28. The van der Waals surface area contributed by atoms with Crippen LogP contribution in [0.5, 0.6) is 5.75 Å². The molecule has 21 heavy (non-hydrogen) atoms. The highest BCUT2D eigenvalue weighted by molar-refractivity contribution is 7.89. The molecular formula is C12H13N3O5S. The van der Waals surface area contributed by atoms with Gasteiger partial charge in [-0.15, -0.1) is 0 Å². The van der Waals surface area contributed by atoms with E-state index in [0.29, 0.717) is 5.56 Å². The molecule has 3 N–H and O–H groups in total. The molecule has 0 unspecified atom stereocenters. The van der Waals surface area contributed by atoms with Crippen LogP contribution in [-0.4, -0.2) is 46.2 Å². The summed E-state index contributed by atoms with van der Waals surface area (Å²) >= 11 is 0. The van der Waals surface area contributed by atoms with Gasteiger partial charge in [0.15, 0.2) is 5.03 Å². The number of carboxylic acid groups (broad SMARTS) is 1. The molecule has 2 rings (SSSR count). The van der Waals surface area contributed by atoms with Crippen LogP contribution in [0.1, 0.15) is 15.9 Å². The second kappa shape index (κ2) is 5.54. The molecule has 0 radical (unpaired) electrons. The van der Waals surface area contributed by atoms with E-state index < -0.39 is 26.6 Å². The normalized spacial score (nSPS) is 11.7. The first-order valence-corrected chi connectivity index (χ1v) is 7.27. The van der Waals surface area contributed by atoms with Crippen molar-refractivity contribution >= 4 is 16.0 Å². The number of aromatic amines is 1. The van der Waals surface area contributed by atoms with Crippen molar-refractivity contribution in [1.29, 1.82) is 0 Å². The lowest BCUT2D eigenvalue weighted by atomic mass is 10.2. The molecular weight excluding hydrogens is 298 g/mol. The Morgan fingerprint density at radius 2 is 2.14 bits per heavy atom. The lowest BCUT2D eigenvalue weighted by molar-refractivity contribution is 0.0692. The average molecular weight is 311 g/mol. The standard InChI is InChI=1S/C12H13N3O5S/c1-15(7-8-3-2-4-9(16)5-8)21(19,20)11-10(12(17)18)6-13-14-11/h2-6,16H,7H2,1H3,(H,13,14)(H,17,18). The summed E-state index contributed by atoms with van der Waals surface area (Å²) in [4.78, 5) is 11.0. The summed E-state index contributed by atoms with van der Waals surface area (Å²) in [6.45, 7) is -0.0190. The third-order valence-corrected chi connectivity index (χ3v) is 4.60. The summed E-state index contributed by atoms with van der Waals surface area (Å²) in [7, 11) is -2.72. The first kappa shape index (κ1) is 15.0. The Labute approximate surface area is 120 Å². The van der Waals surface area contributed by atoms with Crippen molar-refractivity contribution < 1.29 is 23.4 Å². The SMILES string of the molecule is CN(Cc1cccc(O)c1)S(=O)(=O)c1[nH]ncc1C(=O)O. The number of nitrogens with one attached hydrogen (secondary N) is 1. The van der Waals surface area contributed by atoms with Gasteiger partial charge in [0.1, 0.15) is 11.3 Å². The van der Waals surface area contributed by atoms with E-state index >= 15 is 0 Å². The van der Waals surface area contributed by atoms with Crippen LogP contribution in [0.2, 0.25) is 0 Å². The van der Waals surface area contributed by atoms with Gasteiger partial charge in [-0.3, -0.25) is 5.10 Å². The Bertz CT molecular complexity index is 769. The number of sulfonamides is 1. The maximum absolute atomic E-state index is 12.3. The van der Waals surface area contributed by atoms with E-state index in [1.807, 2.05) is 0 Å². The summed E-state index contributed by atoms with van der Waals surface area (Å²) in [6.07, 6.45) is 0.942. The number of nitrogens with zero attached hydrogens (tertiary/aromatic N) is 2. The summed E-state index contributed by atoms with van der Waals surface area (Å²) in [5.41, 5.74) is 0.148. The minimum absolute atomic E-state index is 0.0190. The van der Waals surface area contributed by atoms with Gasteiger partial charge in [0.05, 0.1) is 6.20 Å². The Hall–Kier alpha value is -2.39. The number of benzene rings is 1. The zero-order valence-corrected chi connectivity index (χ0v) is 11.8. The molecule has 0 atom stereocenters. The Kier molecular flexibility index (Phi) is 3.96. The van der Waals surface area contributed by atoms with Gasteiger partial charge < -0.3 is 10.2 Å². The predicted molar refractivity (Wildman–Crippen MR) is 72.3 cm³/mol. The van der Waals surface area contributed by atoms with E-state index in [9.17, 15) is 18.3 Å². The largest absolute Gasteiger partial charge is 0.508 e. The fourth-order valence-electron chi connectivity index (χ4n) is 1.78. The van der Waals surface area contributed by atoms with Crippen LogP contribution < -0.4 is 0 Å². The summed E-state index contributed by atoms with van der Waals surface area (Å²) in [5, 5.41) is 23.5. The molecule has 1 aromatic carbocycles. The fraction of sp³-hybridized carbons (Fsp3) is 0.167. The number of H-pyrrole nitrogens is 1. The third-order valence-electron chi connectivity index (χ3n) is 2.82. The minimum Gasteiger partial charge on any atom is -0.508 e. The predicted octanol–water partition coefficient (Wildman–Crippen LogP) is 0.634. The van der Waals surface area contributed by atoms with E-state index in [-0.39, 0.29) is 12.3 Å². The fourth-order valence-corrected chi connectivity index (χ4v) is 2.99. The number of hydrogen-bond acceptors (Lipinski definition) is 5. The Balaban J connectivity index is 2.31. The number of carbonyl (C=O) groups is 1. The van der Waals surface area contributed by atoms with Crippen molar-refractivity contribution in [2.45, 2.75) is 11.6 Å². The van der Waals surface area contributed by atoms with Crippen molar-refractivity contribution in [2.75, 3.05) is 7.05 Å². The number of aromatic nitrogens is 2. The van der Waals surface area contributed by atoms with Crippen LogP contribution >= 0.6 is 0 Å². The van der Waals surface area contributed by atoms with Gasteiger partial charge >= 0.3 is 5.97 Å². The van der Waals surface area contributed by atoms with Gasteiger partial charge in [-0.05, 0) is 17.7 Å². The quantitative estimate of drug-likeness (QED) is 0.744. The van der Waals surface area contributed by atoms with Crippen molar-refractivity contribution in [1.82, 2.24) is 14.5 Å². The lowest BCUT2D eigenvalue weighted by Gasteiger charge is -2.16. The first-order chi connectivity index (χ1) is 9.82. The van der Waals surface area contributed by atoms with Crippen molar-refractivity contribution in [2.24, 2.45) is 0 Å². The van der Waals surface area contributed by atoms with E-state index in [4.69, 9.17) is 5.11 Å². The molecule has 0 aliphatic heterocycles. The van der Waals surface area contributed by atoms with E-state index in [1.54, 1.807) is 12.1 Å². The smallest absolute Gasteiger partial charge is 0.340 e. The zero-order valence-electron chi connectivity index (χ0n) is 11.0. The molecule has 1 heterocycles. The van der Waals surface area contributed by atoms with Crippen LogP contribution in [0.4, 0.5) is 0 Å². The molecule has 0 saturated carbocycles. The molecule has 9 heteroatoms. The monoisotopic (exact) mass is 311 g/mol. The van der Waals surface area contributed by atoms with Crippen molar-refractivity contribution in [3.63, 3.8) is 0 Å². The first-order valence-electron chi connectivity index (χ1n) is 5.83. The topological polar surface area (TPSA) is 124 Å². The number of rotatable bonds is 5. The van der Waals surface area contributed by atoms with Crippen molar-refractivity contribution in [3.8, 4) is 5.75 Å². The molecule has 112 valence electrons. The maximum Gasteiger partial charge on any atom is 0.340 e. The molecule has 0 bridgehead atoms. The number of phenols is 1. The number of aromatic carboxylic acids is 1. The van der Waals surface area contributed by atoms with Gasteiger partial charge in [-0.1, -0.05) is 12.1 Å². The third kappa shape index (κ3) is 3.03. The van der Waals surface area contributed by atoms with Crippen LogP contribution in [0, 0.1) is 0 Å². The van der Waals surface area contributed by atoms with Crippen LogP contribution in [-0.2, 0) is 16.6 Å². The number of hydrogen-bond donors (Lipinski definition) is 3. The molecule has 1 aromatic heterocycles. The summed E-state index contributed by atoms with van der Waals surface area (Å²) in [5.74, 6) is -1.36. The van der Waals surface area contributed by atoms with Gasteiger partial charge in [0.2, 0.25) is 0 Å². The molecule has 0 amide bonds. The van der Waals surface area contributed by atoms with Gasteiger partial charge in [-0.2, -0.15) is 9.40 Å². The Morgan fingerprint density at radius 3 is 2.76 bits per heavy atom. The maximum atomic E-state index is 12.3. The number of phenolic OH excluding ortho intramolecular Hbond substituents is 1. The van der Waals surface area contributed by atoms with Gasteiger partial charge in [-0.25, -0.2) is 13.2 Å². The van der Waals surface area contributed by atoms with Crippen molar-refractivity contribution in [3.05, 3.63) is 41.6 Å². The number of carboxylic acids is 1. The highest BCUT2D eigenvalue weighted by atomic mass is 32.2. The van der Waals surface area contributed by atoms with E-state index in [0.717, 1.165) is 10.5 Å². The van der Waals surface area contributed by atoms with Gasteiger partial charge in [0, 0.05) is 13.6 Å². The van der Waals surface area contributed by atoms with Crippen LogP contribution in [0.25, 0.3) is 0 Å². The zero-order chi connectivity index (χ0) is 15.6. The lowest BCUT2D eigenvalue weighted by Crippen LogP contribution is -2.28. The minimum atomic E-state index is -4.03. The molecule has 8 nitrogen and oxygen atoms in total. The number of aromatic hydroxyl groups is 1. The van der Waals surface area contributed by atoms with E-state index in [1.165, 1.54) is 19.2 Å². The molecule has 0 spiro atoms. The van der Waals surface area contributed by atoms with Crippen LogP contribution in [0.15, 0.2) is 35.5 Å². The molecule has 0 aliphatic rings. The molecule has 0 fully saturated rings. The van der Waals surface area contributed by atoms with Crippen LogP contribution in [0.3, 0.4) is 0 Å². The second-order valence-corrected chi connectivity index (χ2v) is 6.33.